The summed E-state index contributed by atoms with van der Waals surface area (Å²) in [6.45, 7) is 4.60. The number of benzene rings is 2. The first-order chi connectivity index (χ1) is 13.5. The summed E-state index contributed by atoms with van der Waals surface area (Å²) in [6.07, 6.45) is 3.51. The van der Waals surface area contributed by atoms with Crippen LogP contribution in [0.1, 0.15) is 39.5 Å². The lowest BCUT2D eigenvalue weighted by atomic mass is 10.0. The molecule has 0 fully saturated rings. The summed E-state index contributed by atoms with van der Waals surface area (Å²) >= 11 is 4.88. The Morgan fingerprint density at radius 1 is 1.18 bits per heavy atom. The molecule has 0 saturated carbocycles. The molecule has 1 aromatic heterocycles. The molecule has 0 spiro atoms. The molecule has 0 bridgehead atoms. The number of fused-ring (bicyclic) bond motifs is 2. The van der Waals surface area contributed by atoms with E-state index in [-0.39, 0.29) is 5.43 Å². The van der Waals surface area contributed by atoms with E-state index in [0.717, 1.165) is 30.4 Å². The lowest BCUT2D eigenvalue weighted by molar-refractivity contribution is 0.0816. The van der Waals surface area contributed by atoms with Crippen molar-refractivity contribution in [1.82, 2.24) is 0 Å². The molecule has 4 nitrogen and oxygen atoms in total. The highest BCUT2D eigenvalue weighted by Gasteiger charge is 2.17. The molecule has 6 heteroatoms. The van der Waals surface area contributed by atoms with Crippen molar-refractivity contribution < 1.29 is 14.3 Å². The minimum absolute atomic E-state index is 0.0827. The van der Waals surface area contributed by atoms with Crippen LogP contribution >= 0.6 is 27.3 Å². The van der Waals surface area contributed by atoms with E-state index in [1.165, 1.54) is 11.3 Å². The van der Waals surface area contributed by atoms with Crippen LogP contribution in [0.2, 0.25) is 0 Å². The van der Waals surface area contributed by atoms with Crippen LogP contribution in [0, 0.1) is 5.92 Å². The van der Waals surface area contributed by atoms with Gasteiger partial charge in [0.05, 0.1) is 16.7 Å². The van der Waals surface area contributed by atoms with Crippen molar-refractivity contribution in [1.29, 1.82) is 0 Å². The van der Waals surface area contributed by atoms with Gasteiger partial charge in [0.2, 0.25) is 0 Å². The average Bonchev–Trinajstić information content (AvgIpc) is 2.70. The molecule has 2 aromatic carbocycles. The van der Waals surface area contributed by atoms with Gasteiger partial charge in [0.1, 0.15) is 0 Å². The number of carbonyl (C=O) groups is 1. The van der Waals surface area contributed by atoms with E-state index in [1.807, 2.05) is 24.3 Å². The average molecular weight is 463 g/mol. The highest BCUT2D eigenvalue weighted by molar-refractivity contribution is 9.10. The molecule has 1 unspecified atom stereocenters. The van der Waals surface area contributed by atoms with E-state index >= 15 is 0 Å². The Bertz CT molecular complexity index is 1040. The molecule has 0 aliphatic carbocycles. The number of halogens is 1. The molecule has 148 valence electrons. The van der Waals surface area contributed by atoms with Crippen molar-refractivity contribution in [3.8, 4) is 5.75 Å². The number of hydrogen-bond donors (Lipinski definition) is 0. The van der Waals surface area contributed by atoms with Gasteiger partial charge in [0, 0.05) is 14.6 Å². The second kappa shape index (κ2) is 9.52. The van der Waals surface area contributed by atoms with Crippen LogP contribution in [0.25, 0.3) is 20.2 Å². The maximum atomic E-state index is 12.9. The van der Waals surface area contributed by atoms with Crippen molar-refractivity contribution in [3.63, 3.8) is 0 Å². The van der Waals surface area contributed by atoms with Gasteiger partial charge in [-0.25, -0.2) is 4.79 Å². The number of unbranched alkanes of at least 4 members (excludes halogenated alkanes) is 1. The SMILES string of the molecule is CCCCC(CC)COC(=O)Oc1ccc(Br)c2c(=O)c3ccccc3sc12. The Morgan fingerprint density at radius 2 is 1.96 bits per heavy atom. The molecule has 28 heavy (non-hydrogen) atoms. The van der Waals surface area contributed by atoms with Gasteiger partial charge >= 0.3 is 6.16 Å². The summed E-state index contributed by atoms with van der Waals surface area (Å²) in [7, 11) is 0. The van der Waals surface area contributed by atoms with E-state index in [2.05, 4.69) is 29.8 Å². The zero-order chi connectivity index (χ0) is 20.1. The first kappa shape index (κ1) is 20.8. The maximum Gasteiger partial charge on any atom is 0.513 e. The van der Waals surface area contributed by atoms with Gasteiger partial charge in [0.25, 0.3) is 0 Å². The predicted octanol–water partition coefficient (Wildman–Crippen LogP) is 6.91. The van der Waals surface area contributed by atoms with Crippen LogP contribution in [-0.4, -0.2) is 12.8 Å². The van der Waals surface area contributed by atoms with E-state index in [4.69, 9.17) is 9.47 Å². The minimum Gasteiger partial charge on any atom is -0.434 e. The summed E-state index contributed by atoms with van der Waals surface area (Å²) < 4.78 is 13.0. The standard InChI is InChI=1S/C22H23BrO4S/c1-3-5-8-14(4-2)13-26-22(25)27-17-12-11-16(23)19-20(24)15-9-6-7-10-18(15)28-21(17)19/h6-7,9-12,14H,3-5,8,13H2,1-2H3. The smallest absolute Gasteiger partial charge is 0.434 e. The molecule has 1 heterocycles. The second-order valence-corrected chi connectivity index (χ2v) is 8.66. The molecule has 3 rings (SSSR count). The zero-order valence-corrected chi connectivity index (χ0v) is 18.4. The lowest BCUT2D eigenvalue weighted by Crippen LogP contribution is -2.17. The van der Waals surface area contributed by atoms with Crippen molar-refractivity contribution >= 4 is 53.6 Å². The Hall–Kier alpha value is -1.92. The molecular weight excluding hydrogens is 440 g/mol. The fraction of sp³-hybridized carbons (Fsp3) is 0.364. The van der Waals surface area contributed by atoms with E-state index in [9.17, 15) is 9.59 Å². The third-order valence-electron chi connectivity index (χ3n) is 4.81. The summed E-state index contributed by atoms with van der Waals surface area (Å²) in [5.74, 6) is 0.687. The number of ether oxygens (including phenoxy) is 2. The van der Waals surface area contributed by atoms with Gasteiger partial charge in [0.15, 0.2) is 11.2 Å². The van der Waals surface area contributed by atoms with Gasteiger partial charge in [-0.1, -0.05) is 45.2 Å². The Labute approximate surface area is 176 Å². The summed E-state index contributed by atoms with van der Waals surface area (Å²) in [4.78, 5) is 25.2. The van der Waals surface area contributed by atoms with E-state index < -0.39 is 6.16 Å². The summed E-state index contributed by atoms with van der Waals surface area (Å²) in [5, 5.41) is 1.17. The predicted molar refractivity (Wildman–Crippen MR) is 119 cm³/mol. The molecule has 0 aliphatic heterocycles. The topological polar surface area (TPSA) is 52.6 Å². The molecule has 0 amide bonds. The molecule has 0 N–H and O–H groups in total. The van der Waals surface area contributed by atoms with Crippen LogP contribution in [0.4, 0.5) is 4.79 Å². The van der Waals surface area contributed by atoms with Crippen LogP contribution in [0.15, 0.2) is 45.7 Å². The number of carbonyl (C=O) groups excluding carboxylic acids is 1. The highest BCUT2D eigenvalue weighted by atomic mass is 79.9. The minimum atomic E-state index is -0.730. The first-order valence-corrected chi connectivity index (χ1v) is 11.1. The molecule has 0 radical (unpaired) electrons. The third kappa shape index (κ3) is 4.55. The van der Waals surface area contributed by atoms with Crippen molar-refractivity contribution in [2.24, 2.45) is 5.92 Å². The van der Waals surface area contributed by atoms with Gasteiger partial charge in [-0.2, -0.15) is 0 Å². The van der Waals surface area contributed by atoms with Gasteiger partial charge in [-0.05, 0) is 52.5 Å². The molecule has 3 aromatic rings. The van der Waals surface area contributed by atoms with Crippen molar-refractivity contribution in [3.05, 3.63) is 51.1 Å². The largest absolute Gasteiger partial charge is 0.513 e. The highest BCUT2D eigenvalue weighted by Crippen LogP contribution is 2.36. The van der Waals surface area contributed by atoms with Gasteiger partial charge < -0.3 is 9.47 Å². The van der Waals surface area contributed by atoms with Crippen molar-refractivity contribution in [2.75, 3.05) is 6.61 Å². The van der Waals surface area contributed by atoms with Crippen LogP contribution in [-0.2, 0) is 4.74 Å². The second-order valence-electron chi connectivity index (χ2n) is 6.76. The van der Waals surface area contributed by atoms with Crippen LogP contribution in [0.5, 0.6) is 5.75 Å². The van der Waals surface area contributed by atoms with E-state index in [1.54, 1.807) is 12.1 Å². The van der Waals surface area contributed by atoms with Crippen LogP contribution in [0.3, 0.4) is 0 Å². The van der Waals surface area contributed by atoms with Crippen LogP contribution < -0.4 is 10.2 Å². The lowest BCUT2D eigenvalue weighted by Gasteiger charge is -2.15. The molecular formula is C22H23BrO4S. The molecule has 0 aliphatic rings. The maximum absolute atomic E-state index is 12.9. The Balaban J connectivity index is 1.86. The zero-order valence-electron chi connectivity index (χ0n) is 16.0. The third-order valence-corrected chi connectivity index (χ3v) is 6.66. The monoisotopic (exact) mass is 462 g/mol. The van der Waals surface area contributed by atoms with E-state index in [0.29, 0.717) is 38.2 Å². The number of rotatable bonds is 7. The fourth-order valence-corrected chi connectivity index (χ4v) is 4.92. The fourth-order valence-electron chi connectivity index (χ4n) is 3.12. The summed E-state index contributed by atoms with van der Waals surface area (Å²) in [5.41, 5.74) is -0.0827. The first-order valence-electron chi connectivity index (χ1n) is 9.53. The quantitative estimate of drug-likeness (QED) is 0.217. The van der Waals surface area contributed by atoms with Gasteiger partial charge in [-0.15, -0.1) is 11.3 Å². The summed E-state index contributed by atoms with van der Waals surface area (Å²) in [6, 6.07) is 10.8. The normalized spacial score (nSPS) is 12.2. The Kier molecular flexibility index (Phi) is 7.08. The molecule has 1 atom stereocenters. The number of hydrogen-bond acceptors (Lipinski definition) is 5. The van der Waals surface area contributed by atoms with Crippen molar-refractivity contribution in [2.45, 2.75) is 39.5 Å². The molecule has 0 saturated heterocycles. The van der Waals surface area contributed by atoms with Gasteiger partial charge in [-0.3, -0.25) is 4.79 Å². The Morgan fingerprint density at radius 3 is 2.71 bits per heavy atom.